The normalized spacial score (nSPS) is 10.2. The SMILES string of the molecule is Cc1ccc(NC(=S)NCc2cccc(I)c2)cc1C. The summed E-state index contributed by atoms with van der Waals surface area (Å²) in [6.45, 7) is 4.93. The predicted molar refractivity (Wildman–Crippen MR) is 98.1 cm³/mol. The van der Waals surface area contributed by atoms with Crippen LogP contribution in [0, 0.1) is 17.4 Å². The summed E-state index contributed by atoms with van der Waals surface area (Å²) < 4.78 is 1.23. The zero-order valence-corrected chi connectivity index (χ0v) is 14.5. The van der Waals surface area contributed by atoms with Crippen molar-refractivity contribution in [1.82, 2.24) is 5.32 Å². The molecule has 0 spiro atoms. The van der Waals surface area contributed by atoms with Gasteiger partial charge in [-0.3, -0.25) is 0 Å². The molecule has 2 aromatic rings. The third kappa shape index (κ3) is 4.45. The van der Waals surface area contributed by atoms with Crippen molar-refractivity contribution in [3.8, 4) is 0 Å². The molecule has 0 unspecified atom stereocenters. The highest BCUT2D eigenvalue weighted by Crippen LogP contribution is 2.14. The Hall–Kier alpha value is -1.14. The molecule has 2 nitrogen and oxygen atoms in total. The van der Waals surface area contributed by atoms with E-state index in [1.165, 1.54) is 20.3 Å². The standard InChI is InChI=1S/C16H17IN2S/c1-11-6-7-15(8-12(11)2)19-16(20)18-10-13-4-3-5-14(17)9-13/h3-9H,10H2,1-2H3,(H2,18,19,20). The second-order valence-corrected chi connectivity index (χ2v) is 6.39. The maximum atomic E-state index is 5.32. The maximum absolute atomic E-state index is 5.32. The van der Waals surface area contributed by atoms with Crippen LogP contribution in [0.25, 0.3) is 0 Å². The lowest BCUT2D eigenvalue weighted by Crippen LogP contribution is -2.27. The molecule has 0 aliphatic carbocycles. The summed E-state index contributed by atoms with van der Waals surface area (Å²) in [6, 6.07) is 14.6. The Morgan fingerprint density at radius 1 is 1.10 bits per heavy atom. The van der Waals surface area contributed by atoms with Crippen molar-refractivity contribution in [2.45, 2.75) is 20.4 Å². The Bertz CT molecular complexity index is 626. The second kappa shape index (κ2) is 7.04. The van der Waals surface area contributed by atoms with Crippen LogP contribution in [0.4, 0.5) is 5.69 Å². The Kier molecular flexibility index (Phi) is 5.37. The van der Waals surface area contributed by atoms with Crippen molar-refractivity contribution in [3.63, 3.8) is 0 Å². The predicted octanol–water partition coefficient (Wildman–Crippen LogP) is 4.39. The molecule has 4 heteroatoms. The quantitative estimate of drug-likeness (QED) is 0.594. The van der Waals surface area contributed by atoms with Gasteiger partial charge in [-0.2, -0.15) is 0 Å². The third-order valence-corrected chi connectivity index (χ3v) is 4.02. The highest BCUT2D eigenvalue weighted by Gasteiger charge is 2.00. The number of nitrogens with one attached hydrogen (secondary N) is 2. The molecule has 0 aromatic heterocycles. The fraction of sp³-hybridized carbons (Fsp3) is 0.188. The van der Waals surface area contributed by atoms with E-state index in [1.807, 2.05) is 6.07 Å². The summed E-state index contributed by atoms with van der Waals surface area (Å²) in [4.78, 5) is 0. The van der Waals surface area contributed by atoms with Gasteiger partial charge in [0.2, 0.25) is 0 Å². The Morgan fingerprint density at radius 3 is 2.60 bits per heavy atom. The average Bonchev–Trinajstić information content (AvgIpc) is 2.41. The molecule has 0 aliphatic heterocycles. The van der Waals surface area contributed by atoms with Gasteiger partial charge in [0, 0.05) is 15.8 Å². The Balaban J connectivity index is 1.91. The van der Waals surface area contributed by atoms with Crippen LogP contribution in [0.2, 0.25) is 0 Å². The monoisotopic (exact) mass is 396 g/mol. The van der Waals surface area contributed by atoms with Crippen LogP contribution in [0.3, 0.4) is 0 Å². The van der Waals surface area contributed by atoms with E-state index >= 15 is 0 Å². The lowest BCUT2D eigenvalue weighted by atomic mass is 10.1. The summed E-state index contributed by atoms with van der Waals surface area (Å²) in [5.41, 5.74) is 4.79. The number of anilines is 1. The van der Waals surface area contributed by atoms with Gasteiger partial charge in [-0.25, -0.2) is 0 Å². The van der Waals surface area contributed by atoms with Crippen LogP contribution in [0.5, 0.6) is 0 Å². The molecule has 0 amide bonds. The molecule has 0 heterocycles. The van der Waals surface area contributed by atoms with Gasteiger partial charge in [0.15, 0.2) is 5.11 Å². The summed E-state index contributed by atoms with van der Waals surface area (Å²) in [5, 5.41) is 7.08. The number of hydrogen-bond donors (Lipinski definition) is 2. The molecule has 0 radical (unpaired) electrons. The first-order valence-corrected chi connectivity index (χ1v) is 7.90. The van der Waals surface area contributed by atoms with Crippen LogP contribution in [-0.2, 0) is 6.54 Å². The number of thiocarbonyl (C=S) groups is 1. The smallest absolute Gasteiger partial charge is 0.171 e. The Labute approximate surface area is 139 Å². The summed E-state index contributed by atoms with van der Waals surface area (Å²) >= 11 is 7.63. The summed E-state index contributed by atoms with van der Waals surface area (Å²) in [7, 11) is 0. The highest BCUT2D eigenvalue weighted by molar-refractivity contribution is 14.1. The van der Waals surface area contributed by atoms with Crippen molar-refractivity contribution < 1.29 is 0 Å². The molecule has 0 saturated carbocycles. The van der Waals surface area contributed by atoms with Gasteiger partial charge < -0.3 is 10.6 Å². The first kappa shape index (κ1) is 15.3. The fourth-order valence-corrected chi connectivity index (χ4v) is 2.62. The van der Waals surface area contributed by atoms with Crippen LogP contribution >= 0.6 is 34.8 Å². The van der Waals surface area contributed by atoms with E-state index in [0.717, 1.165) is 12.2 Å². The molecular formula is C16H17IN2S. The topological polar surface area (TPSA) is 24.1 Å². The van der Waals surface area contributed by atoms with E-state index in [0.29, 0.717) is 5.11 Å². The molecule has 0 saturated heterocycles. The molecule has 20 heavy (non-hydrogen) atoms. The molecule has 2 aromatic carbocycles. The summed E-state index contributed by atoms with van der Waals surface area (Å²) in [5.74, 6) is 0. The number of rotatable bonds is 3. The first-order valence-electron chi connectivity index (χ1n) is 6.41. The van der Waals surface area contributed by atoms with Crippen LogP contribution in [0.1, 0.15) is 16.7 Å². The van der Waals surface area contributed by atoms with Gasteiger partial charge in [-0.05, 0) is 89.6 Å². The lowest BCUT2D eigenvalue weighted by molar-refractivity contribution is 0.924. The van der Waals surface area contributed by atoms with Crippen LogP contribution < -0.4 is 10.6 Å². The number of halogens is 1. The zero-order valence-electron chi connectivity index (χ0n) is 11.5. The van der Waals surface area contributed by atoms with Crippen molar-refractivity contribution in [1.29, 1.82) is 0 Å². The number of aryl methyl sites for hydroxylation is 2. The van der Waals surface area contributed by atoms with E-state index in [-0.39, 0.29) is 0 Å². The first-order chi connectivity index (χ1) is 9.54. The minimum atomic E-state index is 0.645. The van der Waals surface area contributed by atoms with Gasteiger partial charge in [-0.15, -0.1) is 0 Å². The maximum Gasteiger partial charge on any atom is 0.171 e. The van der Waals surface area contributed by atoms with Gasteiger partial charge >= 0.3 is 0 Å². The summed E-state index contributed by atoms with van der Waals surface area (Å²) in [6.07, 6.45) is 0. The minimum Gasteiger partial charge on any atom is -0.358 e. The average molecular weight is 396 g/mol. The Morgan fingerprint density at radius 2 is 1.90 bits per heavy atom. The van der Waals surface area contributed by atoms with Crippen LogP contribution in [0.15, 0.2) is 42.5 Å². The van der Waals surface area contributed by atoms with Crippen molar-refractivity contribution in [2.24, 2.45) is 0 Å². The second-order valence-electron chi connectivity index (χ2n) is 4.74. The molecule has 2 N–H and O–H groups in total. The molecule has 2 rings (SSSR count). The largest absolute Gasteiger partial charge is 0.358 e. The van der Waals surface area contributed by atoms with Gasteiger partial charge in [0.1, 0.15) is 0 Å². The number of benzene rings is 2. The van der Waals surface area contributed by atoms with E-state index < -0.39 is 0 Å². The van der Waals surface area contributed by atoms with Crippen LogP contribution in [-0.4, -0.2) is 5.11 Å². The van der Waals surface area contributed by atoms with E-state index in [4.69, 9.17) is 12.2 Å². The number of hydrogen-bond acceptors (Lipinski definition) is 1. The zero-order chi connectivity index (χ0) is 14.5. The highest BCUT2D eigenvalue weighted by atomic mass is 127. The molecular weight excluding hydrogens is 379 g/mol. The van der Waals surface area contributed by atoms with E-state index in [9.17, 15) is 0 Å². The molecule has 104 valence electrons. The van der Waals surface area contributed by atoms with Crippen molar-refractivity contribution in [2.75, 3.05) is 5.32 Å². The van der Waals surface area contributed by atoms with E-state index in [2.05, 4.69) is 83.5 Å². The van der Waals surface area contributed by atoms with Crippen molar-refractivity contribution >= 4 is 45.6 Å². The van der Waals surface area contributed by atoms with Gasteiger partial charge in [-0.1, -0.05) is 18.2 Å². The molecule has 0 bridgehead atoms. The molecule has 0 aliphatic rings. The molecule has 0 fully saturated rings. The minimum absolute atomic E-state index is 0.645. The lowest BCUT2D eigenvalue weighted by Gasteiger charge is -2.12. The fourth-order valence-electron chi connectivity index (χ4n) is 1.82. The molecule has 0 atom stereocenters. The van der Waals surface area contributed by atoms with Gasteiger partial charge in [0.25, 0.3) is 0 Å². The van der Waals surface area contributed by atoms with E-state index in [1.54, 1.807) is 0 Å². The van der Waals surface area contributed by atoms with Crippen molar-refractivity contribution in [3.05, 3.63) is 62.7 Å². The third-order valence-electron chi connectivity index (χ3n) is 3.11. The van der Waals surface area contributed by atoms with Gasteiger partial charge in [0.05, 0.1) is 0 Å².